The average Bonchev–Trinajstić information content (AvgIpc) is 2.33. The number of hydrogen-bond donors (Lipinski definition) is 1. The van der Waals surface area contributed by atoms with E-state index in [2.05, 4.69) is 13.8 Å². The molecule has 0 amide bonds. The lowest BCUT2D eigenvalue weighted by molar-refractivity contribution is -0.134. The highest BCUT2D eigenvalue weighted by molar-refractivity contribution is 5.87. The maximum atomic E-state index is 12.4. The Balaban J connectivity index is 2.70. The third-order valence-electron chi connectivity index (χ3n) is 4.24. The first-order chi connectivity index (χ1) is 7.20. The smallest absolute Gasteiger partial charge is 0.143 e. The van der Waals surface area contributed by atoms with Gasteiger partial charge in [0.25, 0.3) is 0 Å². The summed E-state index contributed by atoms with van der Waals surface area (Å²) in [6.45, 7) is 4.71. The van der Waals surface area contributed by atoms with Crippen LogP contribution >= 0.6 is 0 Å². The zero-order valence-corrected chi connectivity index (χ0v) is 10.2. The third kappa shape index (κ3) is 2.60. The molecule has 0 unspecified atom stereocenters. The van der Waals surface area contributed by atoms with Gasteiger partial charge in [0.1, 0.15) is 5.78 Å². The second-order valence-electron chi connectivity index (χ2n) is 4.89. The van der Waals surface area contributed by atoms with Crippen LogP contribution in [0.2, 0.25) is 0 Å². The molecule has 15 heavy (non-hydrogen) atoms. The lowest BCUT2D eigenvalue weighted by Crippen LogP contribution is -2.41. The van der Waals surface area contributed by atoms with Gasteiger partial charge in [-0.05, 0) is 25.7 Å². The van der Waals surface area contributed by atoms with E-state index in [0.717, 1.165) is 25.7 Å². The molecule has 0 aromatic heterocycles. The summed E-state index contributed by atoms with van der Waals surface area (Å²) in [6, 6.07) is 0. The minimum absolute atomic E-state index is 0.220. The van der Waals surface area contributed by atoms with Gasteiger partial charge in [-0.3, -0.25) is 4.79 Å². The summed E-state index contributed by atoms with van der Waals surface area (Å²) < 4.78 is 0. The Morgan fingerprint density at radius 1 is 1.20 bits per heavy atom. The summed E-state index contributed by atoms with van der Waals surface area (Å²) >= 11 is 0. The van der Waals surface area contributed by atoms with E-state index in [-0.39, 0.29) is 5.41 Å². The molecule has 2 heteroatoms. The molecule has 1 aliphatic carbocycles. The van der Waals surface area contributed by atoms with Crippen molar-refractivity contribution in [3.8, 4) is 0 Å². The van der Waals surface area contributed by atoms with Crippen LogP contribution in [0, 0.1) is 11.3 Å². The summed E-state index contributed by atoms with van der Waals surface area (Å²) in [5.74, 6) is 0.761. The minimum Gasteiger partial charge on any atom is -0.329 e. The Morgan fingerprint density at radius 2 is 1.73 bits per heavy atom. The molecule has 1 aliphatic rings. The highest BCUT2D eigenvalue weighted by Gasteiger charge is 2.37. The first kappa shape index (κ1) is 12.7. The van der Waals surface area contributed by atoms with Crippen LogP contribution in [0.5, 0.6) is 0 Å². The van der Waals surface area contributed by atoms with Crippen molar-refractivity contribution in [2.24, 2.45) is 17.1 Å². The fourth-order valence-electron chi connectivity index (χ4n) is 2.79. The van der Waals surface area contributed by atoms with Crippen molar-refractivity contribution in [3.05, 3.63) is 0 Å². The Kier molecular flexibility index (Phi) is 4.78. The van der Waals surface area contributed by atoms with E-state index >= 15 is 0 Å². The fourth-order valence-corrected chi connectivity index (χ4v) is 2.79. The molecule has 0 heterocycles. The highest BCUT2D eigenvalue weighted by atomic mass is 16.1. The standard InChI is InChI=1S/C13H25NO/c1-3-13(4-2,10-14)12(15)11-8-6-5-7-9-11/h11H,3-10,14H2,1-2H3. The normalized spacial score (nSPS) is 19.1. The molecule has 0 spiro atoms. The van der Waals surface area contributed by atoms with Gasteiger partial charge in [-0.25, -0.2) is 0 Å². The lowest BCUT2D eigenvalue weighted by Gasteiger charge is -2.34. The second-order valence-corrected chi connectivity index (χ2v) is 4.89. The zero-order valence-electron chi connectivity index (χ0n) is 10.2. The number of carbonyl (C=O) groups is 1. The molecule has 0 saturated heterocycles. The van der Waals surface area contributed by atoms with Gasteiger partial charge in [0.05, 0.1) is 0 Å². The van der Waals surface area contributed by atoms with Gasteiger partial charge in [0, 0.05) is 17.9 Å². The van der Waals surface area contributed by atoms with Gasteiger partial charge in [-0.15, -0.1) is 0 Å². The molecule has 1 fully saturated rings. The number of hydrogen-bond acceptors (Lipinski definition) is 2. The average molecular weight is 211 g/mol. The van der Waals surface area contributed by atoms with Gasteiger partial charge < -0.3 is 5.73 Å². The summed E-state index contributed by atoms with van der Waals surface area (Å²) in [5, 5.41) is 0. The van der Waals surface area contributed by atoms with Crippen LogP contribution in [0.3, 0.4) is 0 Å². The van der Waals surface area contributed by atoms with Crippen molar-refractivity contribution in [2.75, 3.05) is 6.54 Å². The van der Waals surface area contributed by atoms with Gasteiger partial charge in [0.15, 0.2) is 0 Å². The Bertz CT molecular complexity index is 194. The first-order valence-electron chi connectivity index (χ1n) is 6.44. The van der Waals surface area contributed by atoms with Crippen LogP contribution < -0.4 is 5.73 Å². The maximum Gasteiger partial charge on any atom is 0.143 e. The van der Waals surface area contributed by atoms with Crippen LogP contribution in [0.25, 0.3) is 0 Å². The number of Topliss-reactive ketones (excluding diaryl/α,β-unsaturated/α-hetero) is 1. The predicted molar refractivity (Wildman–Crippen MR) is 63.7 cm³/mol. The first-order valence-corrected chi connectivity index (χ1v) is 6.44. The van der Waals surface area contributed by atoms with Gasteiger partial charge >= 0.3 is 0 Å². The van der Waals surface area contributed by atoms with Crippen molar-refractivity contribution < 1.29 is 4.79 Å². The van der Waals surface area contributed by atoms with E-state index in [1.54, 1.807) is 0 Å². The molecule has 0 aromatic rings. The Morgan fingerprint density at radius 3 is 2.13 bits per heavy atom. The molecule has 0 aliphatic heterocycles. The molecule has 0 aromatic carbocycles. The topological polar surface area (TPSA) is 43.1 Å². The van der Waals surface area contributed by atoms with E-state index < -0.39 is 0 Å². The predicted octanol–water partition coefficient (Wildman–Crippen LogP) is 2.90. The zero-order chi connectivity index (χ0) is 11.3. The molecule has 0 radical (unpaired) electrons. The van der Waals surface area contributed by atoms with Gasteiger partial charge in [0.2, 0.25) is 0 Å². The van der Waals surface area contributed by atoms with Crippen molar-refractivity contribution in [1.82, 2.24) is 0 Å². The summed E-state index contributed by atoms with van der Waals surface area (Å²) in [6.07, 6.45) is 7.75. The molecule has 0 atom stereocenters. The quantitative estimate of drug-likeness (QED) is 0.760. The van der Waals surface area contributed by atoms with E-state index in [1.165, 1.54) is 19.3 Å². The summed E-state index contributed by atoms with van der Waals surface area (Å²) in [5.41, 5.74) is 5.60. The van der Waals surface area contributed by atoms with E-state index in [1.807, 2.05) is 0 Å². The molecule has 0 bridgehead atoms. The Labute approximate surface area is 93.6 Å². The van der Waals surface area contributed by atoms with Crippen molar-refractivity contribution in [1.29, 1.82) is 0 Å². The maximum absolute atomic E-state index is 12.4. The molecule has 88 valence electrons. The SMILES string of the molecule is CCC(CC)(CN)C(=O)C1CCCCC1. The lowest BCUT2D eigenvalue weighted by atomic mass is 9.70. The van der Waals surface area contributed by atoms with E-state index in [4.69, 9.17) is 5.73 Å². The van der Waals surface area contributed by atoms with Gasteiger partial charge in [-0.1, -0.05) is 33.1 Å². The van der Waals surface area contributed by atoms with Crippen molar-refractivity contribution >= 4 is 5.78 Å². The molecule has 1 rings (SSSR count). The number of carbonyl (C=O) groups excluding carboxylic acids is 1. The number of ketones is 1. The number of rotatable bonds is 5. The van der Waals surface area contributed by atoms with Crippen LogP contribution in [0.15, 0.2) is 0 Å². The van der Waals surface area contributed by atoms with Crippen LogP contribution in [0.1, 0.15) is 58.8 Å². The van der Waals surface area contributed by atoms with E-state index in [9.17, 15) is 4.79 Å². The Hall–Kier alpha value is -0.370. The van der Waals surface area contributed by atoms with E-state index in [0.29, 0.717) is 18.2 Å². The largest absolute Gasteiger partial charge is 0.329 e. The van der Waals surface area contributed by atoms with Crippen molar-refractivity contribution in [2.45, 2.75) is 58.8 Å². The summed E-state index contributed by atoms with van der Waals surface area (Å²) in [4.78, 5) is 12.4. The van der Waals surface area contributed by atoms with Crippen LogP contribution in [0.4, 0.5) is 0 Å². The summed E-state index contributed by atoms with van der Waals surface area (Å²) in [7, 11) is 0. The van der Waals surface area contributed by atoms with Crippen molar-refractivity contribution in [3.63, 3.8) is 0 Å². The highest BCUT2D eigenvalue weighted by Crippen LogP contribution is 2.35. The minimum atomic E-state index is -0.220. The molecule has 1 saturated carbocycles. The number of nitrogens with two attached hydrogens (primary N) is 1. The second kappa shape index (κ2) is 5.64. The van der Waals surface area contributed by atoms with Crippen LogP contribution in [-0.2, 0) is 4.79 Å². The fraction of sp³-hybridized carbons (Fsp3) is 0.923. The molecular weight excluding hydrogens is 186 g/mol. The third-order valence-corrected chi connectivity index (χ3v) is 4.24. The molecular formula is C13H25NO. The molecule has 2 nitrogen and oxygen atoms in total. The van der Waals surface area contributed by atoms with Gasteiger partial charge in [-0.2, -0.15) is 0 Å². The molecule has 2 N–H and O–H groups in total. The monoisotopic (exact) mass is 211 g/mol. The van der Waals surface area contributed by atoms with Crippen LogP contribution in [-0.4, -0.2) is 12.3 Å².